The summed E-state index contributed by atoms with van der Waals surface area (Å²) >= 11 is 3.50. The molecule has 0 aromatic heterocycles. The van der Waals surface area contributed by atoms with Crippen molar-refractivity contribution >= 4 is 15.9 Å². The molecule has 0 aliphatic heterocycles. The molecule has 0 bridgehead atoms. The molecule has 1 atom stereocenters. The number of benzene rings is 1. The first-order valence-corrected chi connectivity index (χ1v) is 7.10. The van der Waals surface area contributed by atoms with Crippen LogP contribution < -0.4 is 15.2 Å². The first kappa shape index (κ1) is 15.3. The fourth-order valence-corrected chi connectivity index (χ4v) is 2.66. The van der Waals surface area contributed by atoms with Crippen LogP contribution in [-0.2, 0) is 0 Å². The van der Waals surface area contributed by atoms with Crippen molar-refractivity contribution in [2.24, 2.45) is 5.73 Å². The van der Waals surface area contributed by atoms with Gasteiger partial charge in [0, 0.05) is 11.6 Å². The molecule has 1 aromatic rings. The molecule has 0 radical (unpaired) electrons. The Hall–Kier alpha value is -0.740. The lowest BCUT2D eigenvalue weighted by Crippen LogP contribution is -2.12. The van der Waals surface area contributed by atoms with Crippen LogP contribution >= 0.6 is 15.9 Å². The highest BCUT2D eigenvalue weighted by Crippen LogP contribution is 2.40. The minimum Gasteiger partial charge on any atom is -0.495 e. The minimum atomic E-state index is 0.00806. The molecule has 0 amide bonds. The highest BCUT2D eigenvalue weighted by atomic mass is 79.9. The third-order valence-electron chi connectivity index (χ3n) is 3.03. The van der Waals surface area contributed by atoms with Crippen LogP contribution in [0.25, 0.3) is 0 Å². The number of halogens is 1. The number of hydrogen-bond donors (Lipinski definition) is 1. The molecule has 0 saturated carbocycles. The summed E-state index contributed by atoms with van der Waals surface area (Å²) in [5.41, 5.74) is 7.26. The summed E-state index contributed by atoms with van der Waals surface area (Å²) in [5.74, 6) is 1.54. The van der Waals surface area contributed by atoms with E-state index in [2.05, 4.69) is 22.9 Å². The van der Waals surface area contributed by atoms with Crippen molar-refractivity contribution in [2.45, 2.75) is 38.6 Å². The quantitative estimate of drug-likeness (QED) is 0.772. The van der Waals surface area contributed by atoms with Gasteiger partial charge in [-0.1, -0.05) is 26.2 Å². The maximum atomic E-state index is 6.23. The van der Waals surface area contributed by atoms with Crippen LogP contribution in [-0.4, -0.2) is 14.2 Å². The Bertz CT molecular complexity index is 382. The Balaban J connectivity index is 2.90. The number of rotatable bonds is 7. The molecule has 0 fully saturated rings. The van der Waals surface area contributed by atoms with Crippen molar-refractivity contribution in [3.8, 4) is 11.5 Å². The molecule has 3 nitrogen and oxygen atoms in total. The molecule has 0 aliphatic rings. The van der Waals surface area contributed by atoms with Gasteiger partial charge in [0.2, 0.25) is 0 Å². The van der Waals surface area contributed by atoms with Crippen molar-refractivity contribution < 1.29 is 9.47 Å². The van der Waals surface area contributed by atoms with Gasteiger partial charge in [0.1, 0.15) is 16.0 Å². The smallest absolute Gasteiger partial charge is 0.141 e. The number of nitrogens with two attached hydrogens (primary N) is 1. The monoisotopic (exact) mass is 315 g/mol. The maximum Gasteiger partial charge on any atom is 0.141 e. The van der Waals surface area contributed by atoms with Crippen molar-refractivity contribution in [1.82, 2.24) is 0 Å². The van der Waals surface area contributed by atoms with E-state index >= 15 is 0 Å². The van der Waals surface area contributed by atoms with E-state index in [4.69, 9.17) is 15.2 Å². The minimum absolute atomic E-state index is 0.00806. The van der Waals surface area contributed by atoms with Crippen LogP contribution in [0.2, 0.25) is 0 Å². The van der Waals surface area contributed by atoms with Crippen molar-refractivity contribution in [2.75, 3.05) is 14.2 Å². The lowest BCUT2D eigenvalue weighted by atomic mass is 10.00. The van der Waals surface area contributed by atoms with E-state index in [-0.39, 0.29) is 6.04 Å². The van der Waals surface area contributed by atoms with Gasteiger partial charge in [-0.15, -0.1) is 0 Å². The lowest BCUT2D eigenvalue weighted by Gasteiger charge is -2.18. The molecular weight excluding hydrogens is 294 g/mol. The third kappa shape index (κ3) is 3.62. The average molecular weight is 316 g/mol. The number of methoxy groups -OCH3 is 2. The predicted octanol–water partition coefficient (Wildman–Crippen LogP) is 4.05. The molecule has 2 N–H and O–H groups in total. The average Bonchev–Trinajstić information content (AvgIpc) is 2.38. The summed E-state index contributed by atoms with van der Waals surface area (Å²) in [6.07, 6.45) is 4.54. The predicted molar refractivity (Wildman–Crippen MR) is 78.3 cm³/mol. The highest BCUT2D eigenvalue weighted by molar-refractivity contribution is 9.10. The van der Waals surface area contributed by atoms with E-state index in [1.54, 1.807) is 14.2 Å². The molecule has 1 rings (SSSR count). The number of hydrogen-bond acceptors (Lipinski definition) is 3. The van der Waals surface area contributed by atoms with E-state index in [0.29, 0.717) is 0 Å². The second-order valence-corrected chi connectivity index (χ2v) is 5.10. The Morgan fingerprint density at radius 1 is 1.22 bits per heavy atom. The lowest BCUT2D eigenvalue weighted by molar-refractivity contribution is 0.382. The number of unbranched alkanes of at least 4 members (excludes halogenated alkanes) is 2. The zero-order chi connectivity index (χ0) is 13.5. The van der Waals surface area contributed by atoms with Crippen molar-refractivity contribution in [1.29, 1.82) is 0 Å². The van der Waals surface area contributed by atoms with Crippen LogP contribution in [0, 0.1) is 0 Å². The van der Waals surface area contributed by atoms with Gasteiger partial charge < -0.3 is 15.2 Å². The normalized spacial score (nSPS) is 12.3. The van der Waals surface area contributed by atoms with Gasteiger partial charge in [-0.25, -0.2) is 0 Å². The second kappa shape index (κ2) is 7.64. The van der Waals surface area contributed by atoms with Gasteiger partial charge >= 0.3 is 0 Å². The van der Waals surface area contributed by atoms with E-state index in [1.807, 2.05) is 12.1 Å². The standard InChI is InChI=1S/C14H22BrNO2/c1-4-5-6-7-11(16)10-8-9-12(17-2)13(15)14(10)18-3/h8-9,11H,4-7,16H2,1-3H3. The van der Waals surface area contributed by atoms with Crippen molar-refractivity contribution in [3.63, 3.8) is 0 Å². The van der Waals surface area contributed by atoms with Crippen LogP contribution in [0.4, 0.5) is 0 Å². The molecule has 0 aliphatic carbocycles. The summed E-state index contributed by atoms with van der Waals surface area (Å²) in [4.78, 5) is 0. The van der Waals surface area contributed by atoms with Crippen molar-refractivity contribution in [3.05, 3.63) is 22.2 Å². The molecular formula is C14H22BrNO2. The van der Waals surface area contributed by atoms with E-state index < -0.39 is 0 Å². The fraction of sp³-hybridized carbons (Fsp3) is 0.571. The van der Waals surface area contributed by atoms with Crippen LogP contribution in [0.1, 0.15) is 44.2 Å². The van der Waals surface area contributed by atoms with E-state index in [0.717, 1.165) is 34.4 Å². The first-order chi connectivity index (χ1) is 8.65. The summed E-state index contributed by atoms with van der Waals surface area (Å²) in [6.45, 7) is 2.19. The topological polar surface area (TPSA) is 44.5 Å². The van der Waals surface area contributed by atoms with Gasteiger partial charge in [0.15, 0.2) is 0 Å². The third-order valence-corrected chi connectivity index (χ3v) is 3.79. The Morgan fingerprint density at radius 3 is 2.50 bits per heavy atom. The molecule has 102 valence electrons. The summed E-state index contributed by atoms with van der Waals surface area (Å²) in [5, 5.41) is 0. The number of ether oxygens (including phenoxy) is 2. The molecule has 4 heteroatoms. The van der Waals surface area contributed by atoms with E-state index in [9.17, 15) is 0 Å². The van der Waals surface area contributed by atoms with Crippen LogP contribution in [0.5, 0.6) is 11.5 Å². The Kier molecular flexibility index (Phi) is 6.50. The summed E-state index contributed by atoms with van der Waals surface area (Å²) < 4.78 is 11.5. The Morgan fingerprint density at radius 2 is 1.94 bits per heavy atom. The SMILES string of the molecule is CCCCCC(N)c1ccc(OC)c(Br)c1OC. The zero-order valence-electron chi connectivity index (χ0n) is 11.3. The Labute approximate surface area is 118 Å². The first-order valence-electron chi connectivity index (χ1n) is 6.31. The van der Waals surface area contributed by atoms with Gasteiger partial charge in [0.25, 0.3) is 0 Å². The molecule has 1 unspecified atom stereocenters. The fourth-order valence-electron chi connectivity index (χ4n) is 1.98. The highest BCUT2D eigenvalue weighted by Gasteiger charge is 2.17. The summed E-state index contributed by atoms with van der Waals surface area (Å²) in [7, 11) is 3.29. The van der Waals surface area contributed by atoms with Gasteiger partial charge in [-0.3, -0.25) is 0 Å². The summed E-state index contributed by atoms with van der Waals surface area (Å²) in [6, 6.07) is 3.91. The second-order valence-electron chi connectivity index (χ2n) is 4.31. The van der Waals surface area contributed by atoms with Gasteiger partial charge in [-0.2, -0.15) is 0 Å². The largest absolute Gasteiger partial charge is 0.495 e. The van der Waals surface area contributed by atoms with Crippen LogP contribution in [0.3, 0.4) is 0 Å². The molecule has 18 heavy (non-hydrogen) atoms. The van der Waals surface area contributed by atoms with Gasteiger partial charge in [-0.05, 0) is 34.5 Å². The molecule has 0 heterocycles. The maximum absolute atomic E-state index is 6.23. The van der Waals surface area contributed by atoms with Crippen LogP contribution in [0.15, 0.2) is 16.6 Å². The molecule has 1 aromatic carbocycles. The zero-order valence-corrected chi connectivity index (χ0v) is 12.9. The van der Waals surface area contributed by atoms with E-state index in [1.165, 1.54) is 12.8 Å². The molecule has 0 saturated heterocycles. The molecule has 0 spiro atoms. The van der Waals surface area contributed by atoms with Gasteiger partial charge in [0.05, 0.1) is 14.2 Å².